The molecule has 7 heteroatoms. The number of methoxy groups -OCH3 is 1. The summed E-state index contributed by atoms with van der Waals surface area (Å²) in [4.78, 5) is 25.3. The molecule has 0 aliphatic heterocycles. The predicted molar refractivity (Wildman–Crippen MR) is 129 cm³/mol. The van der Waals surface area contributed by atoms with Gasteiger partial charge in [-0.1, -0.05) is 42.5 Å². The van der Waals surface area contributed by atoms with Crippen molar-refractivity contribution in [3.8, 4) is 22.6 Å². The molecule has 1 atom stereocenters. The van der Waals surface area contributed by atoms with Gasteiger partial charge in [0.2, 0.25) is 0 Å². The largest absolute Gasteiger partial charge is 0.497 e. The first-order chi connectivity index (χ1) is 16.6. The number of rotatable bonds is 9. The maximum Gasteiger partial charge on any atom is 0.258 e. The van der Waals surface area contributed by atoms with Crippen molar-refractivity contribution in [1.29, 1.82) is 0 Å². The van der Waals surface area contributed by atoms with E-state index in [1.165, 1.54) is 6.26 Å². The number of fused-ring (bicyclic) bond motifs is 1. The summed E-state index contributed by atoms with van der Waals surface area (Å²) in [5.41, 5.74) is 2.38. The summed E-state index contributed by atoms with van der Waals surface area (Å²) < 4.78 is 16.4. The molecule has 1 heterocycles. The number of carbonyl (C=O) groups excluding carboxylic acids is 1. The molecule has 174 valence electrons. The van der Waals surface area contributed by atoms with Crippen LogP contribution in [0.1, 0.15) is 5.56 Å². The lowest BCUT2D eigenvalue weighted by molar-refractivity contribution is -0.124. The van der Waals surface area contributed by atoms with E-state index in [1.54, 1.807) is 49.6 Å². The van der Waals surface area contributed by atoms with Crippen molar-refractivity contribution in [2.75, 3.05) is 20.3 Å². The number of aliphatic hydroxyl groups is 1. The summed E-state index contributed by atoms with van der Waals surface area (Å²) in [7, 11) is 1.58. The van der Waals surface area contributed by atoms with Gasteiger partial charge in [0, 0.05) is 6.07 Å². The van der Waals surface area contributed by atoms with E-state index in [2.05, 4.69) is 5.32 Å². The number of nitrogens with one attached hydrogen (secondary N) is 1. The lowest BCUT2D eigenvalue weighted by atomic mass is 10.1. The first-order valence-corrected chi connectivity index (χ1v) is 10.8. The number of hydrogen-bond donors (Lipinski definition) is 2. The highest BCUT2D eigenvalue weighted by Gasteiger charge is 2.14. The van der Waals surface area contributed by atoms with Gasteiger partial charge in [0.25, 0.3) is 5.91 Å². The van der Waals surface area contributed by atoms with Gasteiger partial charge >= 0.3 is 0 Å². The molecular weight excluding hydrogens is 434 g/mol. The Morgan fingerprint density at radius 1 is 1.03 bits per heavy atom. The van der Waals surface area contributed by atoms with Crippen LogP contribution in [-0.2, 0) is 11.2 Å². The number of aliphatic hydroxyl groups excluding tert-OH is 1. The normalized spacial score (nSPS) is 11.7. The molecule has 1 amide bonds. The van der Waals surface area contributed by atoms with Crippen molar-refractivity contribution in [1.82, 2.24) is 5.32 Å². The molecule has 0 saturated heterocycles. The van der Waals surface area contributed by atoms with Crippen molar-refractivity contribution in [2.24, 2.45) is 0 Å². The molecule has 34 heavy (non-hydrogen) atoms. The van der Waals surface area contributed by atoms with Crippen LogP contribution in [0.4, 0.5) is 0 Å². The lowest BCUT2D eigenvalue weighted by Gasteiger charge is -2.16. The van der Waals surface area contributed by atoms with Gasteiger partial charge in [0.15, 0.2) is 12.0 Å². The van der Waals surface area contributed by atoms with Gasteiger partial charge in [-0.05, 0) is 41.8 Å². The first kappa shape index (κ1) is 23.1. The third-order valence-corrected chi connectivity index (χ3v) is 5.43. The lowest BCUT2D eigenvalue weighted by Crippen LogP contribution is -2.41. The minimum Gasteiger partial charge on any atom is -0.497 e. The van der Waals surface area contributed by atoms with Crippen LogP contribution in [0.5, 0.6) is 11.5 Å². The molecule has 0 unspecified atom stereocenters. The second-order valence-corrected chi connectivity index (χ2v) is 7.79. The van der Waals surface area contributed by atoms with Gasteiger partial charge in [0.1, 0.15) is 23.3 Å². The molecule has 0 radical (unpaired) electrons. The Labute approximate surface area is 196 Å². The Balaban J connectivity index is 1.41. The van der Waals surface area contributed by atoms with Crippen LogP contribution in [0, 0.1) is 0 Å². The highest BCUT2D eigenvalue weighted by Crippen LogP contribution is 2.24. The second-order valence-electron chi connectivity index (χ2n) is 7.79. The third-order valence-electron chi connectivity index (χ3n) is 5.43. The monoisotopic (exact) mass is 459 g/mol. The zero-order chi connectivity index (χ0) is 23.9. The van der Waals surface area contributed by atoms with Crippen molar-refractivity contribution in [2.45, 2.75) is 12.5 Å². The van der Waals surface area contributed by atoms with Gasteiger partial charge in [0.05, 0.1) is 30.7 Å². The zero-order valence-corrected chi connectivity index (χ0v) is 18.7. The average molecular weight is 459 g/mol. The molecule has 4 rings (SSSR count). The molecule has 0 spiro atoms. The number of carbonyl (C=O) groups is 1. The molecule has 0 bridgehead atoms. The van der Waals surface area contributed by atoms with E-state index in [-0.39, 0.29) is 24.5 Å². The van der Waals surface area contributed by atoms with E-state index in [0.717, 1.165) is 11.1 Å². The van der Waals surface area contributed by atoms with E-state index in [1.807, 2.05) is 30.3 Å². The summed E-state index contributed by atoms with van der Waals surface area (Å²) in [6.07, 6.45) is 1.93. The number of ether oxygens (including phenoxy) is 2. The van der Waals surface area contributed by atoms with Crippen LogP contribution in [0.15, 0.2) is 88.3 Å². The molecule has 0 aliphatic carbocycles. The minimum absolute atomic E-state index is 0.164. The van der Waals surface area contributed by atoms with Crippen LogP contribution in [-0.4, -0.2) is 37.4 Å². The Morgan fingerprint density at radius 3 is 2.47 bits per heavy atom. The average Bonchev–Trinajstić information content (AvgIpc) is 2.88. The van der Waals surface area contributed by atoms with Crippen LogP contribution in [0.25, 0.3) is 22.1 Å². The Bertz CT molecular complexity index is 1310. The Hall–Kier alpha value is -4.10. The SMILES string of the molecule is COc1ccc(-c2coc3cc(OCC(=O)N[C@H](CO)Cc4ccccc4)ccc3c2=O)cc1. The summed E-state index contributed by atoms with van der Waals surface area (Å²) in [6, 6.07) is 21.2. The van der Waals surface area contributed by atoms with Gasteiger partial charge in [-0.3, -0.25) is 9.59 Å². The maximum atomic E-state index is 12.9. The fraction of sp³-hybridized carbons (Fsp3) is 0.185. The van der Waals surface area contributed by atoms with Crippen LogP contribution < -0.4 is 20.2 Å². The highest BCUT2D eigenvalue weighted by atomic mass is 16.5. The smallest absolute Gasteiger partial charge is 0.258 e. The van der Waals surface area contributed by atoms with Crippen molar-refractivity contribution in [3.05, 3.63) is 94.8 Å². The predicted octanol–water partition coefficient (Wildman–Crippen LogP) is 3.57. The van der Waals surface area contributed by atoms with Crippen molar-refractivity contribution in [3.63, 3.8) is 0 Å². The molecular formula is C27H25NO6. The summed E-state index contributed by atoms with van der Waals surface area (Å²) >= 11 is 0. The molecule has 0 aliphatic rings. The van der Waals surface area contributed by atoms with Crippen molar-refractivity contribution >= 4 is 16.9 Å². The number of hydrogen-bond acceptors (Lipinski definition) is 6. The number of benzene rings is 3. The molecule has 3 aromatic carbocycles. The summed E-state index contributed by atoms with van der Waals surface area (Å²) in [5.74, 6) is 0.739. The molecule has 7 nitrogen and oxygen atoms in total. The molecule has 0 fully saturated rings. The van der Waals surface area contributed by atoms with Gasteiger partial charge in [-0.25, -0.2) is 0 Å². The Kier molecular flexibility index (Phi) is 7.25. The van der Waals surface area contributed by atoms with Gasteiger partial charge in [-0.2, -0.15) is 0 Å². The topological polar surface area (TPSA) is 98.0 Å². The van der Waals surface area contributed by atoms with E-state index in [9.17, 15) is 14.7 Å². The van der Waals surface area contributed by atoms with E-state index < -0.39 is 6.04 Å². The molecule has 2 N–H and O–H groups in total. The fourth-order valence-corrected chi connectivity index (χ4v) is 3.65. The summed E-state index contributed by atoms with van der Waals surface area (Å²) in [6.45, 7) is -0.413. The Morgan fingerprint density at radius 2 is 1.76 bits per heavy atom. The van der Waals surface area contributed by atoms with Crippen LogP contribution in [0.3, 0.4) is 0 Å². The summed E-state index contributed by atoms with van der Waals surface area (Å²) in [5, 5.41) is 12.8. The standard InChI is InChI=1S/C27H25NO6/c1-32-21-9-7-19(8-10-21)24-16-34-25-14-22(11-12-23(25)27(24)31)33-17-26(30)28-20(15-29)13-18-5-3-2-4-6-18/h2-12,14,16,20,29H,13,15,17H2,1H3,(H,28,30)/t20-/m0/s1. The van der Waals surface area contributed by atoms with E-state index in [0.29, 0.717) is 34.5 Å². The van der Waals surface area contributed by atoms with Crippen molar-refractivity contribution < 1.29 is 23.8 Å². The quantitative estimate of drug-likeness (QED) is 0.397. The molecule has 0 saturated carbocycles. The number of amides is 1. The van der Waals surface area contributed by atoms with E-state index >= 15 is 0 Å². The fourth-order valence-electron chi connectivity index (χ4n) is 3.65. The third kappa shape index (κ3) is 5.44. The maximum absolute atomic E-state index is 12.9. The van der Waals surface area contributed by atoms with Crippen LogP contribution >= 0.6 is 0 Å². The van der Waals surface area contributed by atoms with Gasteiger partial charge in [-0.15, -0.1) is 0 Å². The highest BCUT2D eigenvalue weighted by molar-refractivity contribution is 5.83. The molecule has 4 aromatic rings. The molecule has 1 aromatic heterocycles. The zero-order valence-electron chi connectivity index (χ0n) is 18.7. The van der Waals surface area contributed by atoms with Gasteiger partial charge < -0.3 is 24.3 Å². The van der Waals surface area contributed by atoms with Crippen LogP contribution in [0.2, 0.25) is 0 Å². The first-order valence-electron chi connectivity index (χ1n) is 10.8. The minimum atomic E-state index is -0.412. The van der Waals surface area contributed by atoms with E-state index in [4.69, 9.17) is 13.9 Å². The second kappa shape index (κ2) is 10.7.